The fourth-order valence-corrected chi connectivity index (χ4v) is 2.52. The van der Waals surface area contributed by atoms with Crippen LogP contribution in [0.25, 0.3) is 0 Å². The Morgan fingerprint density at radius 3 is 2.95 bits per heavy atom. The van der Waals surface area contributed by atoms with Gasteiger partial charge in [-0.3, -0.25) is 4.79 Å². The zero-order valence-corrected chi connectivity index (χ0v) is 13.0. The van der Waals surface area contributed by atoms with Gasteiger partial charge in [0.2, 0.25) is 0 Å². The van der Waals surface area contributed by atoms with Gasteiger partial charge in [-0.1, -0.05) is 35.9 Å². The van der Waals surface area contributed by atoms with E-state index in [0.717, 1.165) is 17.7 Å². The smallest absolute Gasteiger partial charge is 0.273 e. The molecule has 0 fully saturated rings. The molecule has 1 amide bonds. The van der Waals surface area contributed by atoms with Crippen LogP contribution in [-0.2, 0) is 17.9 Å². The molecule has 2 heterocycles. The molecule has 0 saturated carbocycles. The van der Waals surface area contributed by atoms with E-state index in [4.69, 9.17) is 16.3 Å². The number of carbonyl (C=O) groups excluding carboxylic acids is 1. The molecule has 0 saturated heterocycles. The first-order chi connectivity index (χ1) is 10.7. The molecule has 3 rings (SSSR count). The highest BCUT2D eigenvalue weighted by Gasteiger charge is 2.27. The Kier molecular flexibility index (Phi) is 4.40. The van der Waals surface area contributed by atoms with Gasteiger partial charge in [-0.05, 0) is 24.1 Å². The van der Waals surface area contributed by atoms with Gasteiger partial charge in [-0.25, -0.2) is 4.68 Å². The standard InChI is InChI=1S/C15H17ClN4O2/c1-2-7-17-15(21)14-12-9-22-13(8-20(12)19-18-14)10-3-5-11(16)6-4-10/h3-6,13H,2,7-9H2,1H3,(H,17,21)/t13-/m1/s1. The molecule has 22 heavy (non-hydrogen) atoms. The summed E-state index contributed by atoms with van der Waals surface area (Å²) in [5, 5.41) is 11.6. The monoisotopic (exact) mass is 320 g/mol. The molecule has 1 aromatic carbocycles. The van der Waals surface area contributed by atoms with Crippen LogP contribution in [0.5, 0.6) is 0 Å². The summed E-state index contributed by atoms with van der Waals surface area (Å²) in [4.78, 5) is 12.0. The maximum absolute atomic E-state index is 12.0. The lowest BCUT2D eigenvalue weighted by Gasteiger charge is -2.24. The van der Waals surface area contributed by atoms with Crippen LogP contribution in [0.4, 0.5) is 0 Å². The van der Waals surface area contributed by atoms with Gasteiger partial charge in [0.1, 0.15) is 6.10 Å². The molecule has 116 valence electrons. The SMILES string of the molecule is CCCNC(=O)c1nnn2c1CO[C@@H](c1ccc(Cl)cc1)C2. The van der Waals surface area contributed by atoms with Gasteiger partial charge in [-0.15, -0.1) is 5.10 Å². The Balaban J connectivity index is 1.76. The van der Waals surface area contributed by atoms with Crippen LogP contribution in [0.2, 0.25) is 5.02 Å². The number of amides is 1. The lowest BCUT2D eigenvalue weighted by atomic mass is 10.1. The molecule has 0 aliphatic carbocycles. The van der Waals surface area contributed by atoms with Gasteiger partial charge >= 0.3 is 0 Å². The molecule has 7 heteroatoms. The Hall–Kier alpha value is -1.92. The zero-order chi connectivity index (χ0) is 15.5. The summed E-state index contributed by atoms with van der Waals surface area (Å²) in [6, 6.07) is 7.54. The Bertz CT molecular complexity index is 669. The number of benzene rings is 1. The molecule has 0 spiro atoms. The molecule has 2 aromatic rings. The molecule has 6 nitrogen and oxygen atoms in total. The predicted octanol–water partition coefficient (Wildman–Crippen LogP) is 2.34. The second-order valence-corrected chi connectivity index (χ2v) is 5.61. The van der Waals surface area contributed by atoms with Gasteiger partial charge in [-0.2, -0.15) is 0 Å². The average molecular weight is 321 g/mol. The summed E-state index contributed by atoms with van der Waals surface area (Å²) in [5.74, 6) is -0.198. The minimum atomic E-state index is -0.198. The van der Waals surface area contributed by atoms with E-state index in [1.807, 2.05) is 31.2 Å². The first kappa shape index (κ1) is 15.0. The van der Waals surface area contributed by atoms with Crippen LogP contribution in [-0.4, -0.2) is 27.4 Å². The number of ether oxygens (including phenoxy) is 1. The van der Waals surface area contributed by atoms with E-state index < -0.39 is 0 Å². The third kappa shape index (κ3) is 2.98. The number of aromatic nitrogens is 3. The maximum Gasteiger partial charge on any atom is 0.273 e. The lowest BCUT2D eigenvalue weighted by molar-refractivity contribution is -0.00176. The van der Waals surface area contributed by atoms with Gasteiger partial charge in [0.05, 0.1) is 18.8 Å². The third-order valence-corrected chi connectivity index (χ3v) is 3.84. The van der Waals surface area contributed by atoms with Crippen molar-refractivity contribution in [3.8, 4) is 0 Å². The van der Waals surface area contributed by atoms with E-state index >= 15 is 0 Å². The molecule has 1 N–H and O–H groups in total. The van der Waals surface area contributed by atoms with Crippen molar-refractivity contribution in [3.63, 3.8) is 0 Å². The van der Waals surface area contributed by atoms with Gasteiger partial charge in [0.15, 0.2) is 5.69 Å². The van der Waals surface area contributed by atoms with E-state index in [1.165, 1.54) is 0 Å². The number of hydrogen-bond acceptors (Lipinski definition) is 4. The minimum Gasteiger partial charge on any atom is -0.365 e. The summed E-state index contributed by atoms with van der Waals surface area (Å²) in [5.41, 5.74) is 2.10. The second kappa shape index (κ2) is 6.46. The summed E-state index contributed by atoms with van der Waals surface area (Å²) in [7, 11) is 0. The van der Waals surface area contributed by atoms with E-state index in [1.54, 1.807) is 4.68 Å². The summed E-state index contributed by atoms with van der Waals surface area (Å²) < 4.78 is 7.60. The number of nitrogens with one attached hydrogen (secondary N) is 1. The normalized spacial score (nSPS) is 17.1. The highest BCUT2D eigenvalue weighted by molar-refractivity contribution is 6.30. The van der Waals surface area contributed by atoms with Crippen molar-refractivity contribution < 1.29 is 9.53 Å². The topological polar surface area (TPSA) is 69.0 Å². The lowest BCUT2D eigenvalue weighted by Crippen LogP contribution is -2.28. The fourth-order valence-electron chi connectivity index (χ4n) is 2.39. The van der Waals surface area contributed by atoms with Crippen molar-refractivity contribution in [3.05, 3.63) is 46.2 Å². The van der Waals surface area contributed by atoms with Crippen LogP contribution in [0.15, 0.2) is 24.3 Å². The van der Waals surface area contributed by atoms with Gasteiger partial charge in [0, 0.05) is 11.6 Å². The maximum atomic E-state index is 12.0. The molecular formula is C15H17ClN4O2. The highest BCUT2D eigenvalue weighted by Crippen LogP contribution is 2.27. The van der Waals surface area contributed by atoms with E-state index in [-0.39, 0.29) is 12.0 Å². The van der Waals surface area contributed by atoms with E-state index in [0.29, 0.717) is 30.4 Å². The number of fused-ring (bicyclic) bond motifs is 1. The fraction of sp³-hybridized carbons (Fsp3) is 0.400. The number of carbonyl (C=O) groups is 1. The molecular weight excluding hydrogens is 304 g/mol. The Labute approximate surface area is 133 Å². The van der Waals surface area contributed by atoms with Crippen molar-refractivity contribution in [1.82, 2.24) is 20.3 Å². The first-order valence-electron chi connectivity index (χ1n) is 7.26. The van der Waals surface area contributed by atoms with Crippen LogP contribution < -0.4 is 5.32 Å². The van der Waals surface area contributed by atoms with Crippen molar-refractivity contribution in [2.24, 2.45) is 0 Å². The highest BCUT2D eigenvalue weighted by atomic mass is 35.5. The van der Waals surface area contributed by atoms with Crippen molar-refractivity contribution in [1.29, 1.82) is 0 Å². The summed E-state index contributed by atoms with van der Waals surface area (Å²) in [6.45, 7) is 3.47. The molecule has 1 aliphatic heterocycles. The van der Waals surface area contributed by atoms with Gasteiger partial charge in [0.25, 0.3) is 5.91 Å². The van der Waals surface area contributed by atoms with Crippen molar-refractivity contribution in [2.45, 2.75) is 32.6 Å². The summed E-state index contributed by atoms with van der Waals surface area (Å²) in [6.07, 6.45) is 0.766. The largest absolute Gasteiger partial charge is 0.365 e. The third-order valence-electron chi connectivity index (χ3n) is 3.59. The number of nitrogens with zero attached hydrogens (tertiary/aromatic N) is 3. The second-order valence-electron chi connectivity index (χ2n) is 5.17. The van der Waals surface area contributed by atoms with E-state index in [2.05, 4.69) is 15.6 Å². The molecule has 0 unspecified atom stereocenters. The first-order valence-corrected chi connectivity index (χ1v) is 7.64. The number of hydrogen-bond donors (Lipinski definition) is 1. The van der Waals surface area contributed by atoms with Crippen LogP contribution in [0.1, 0.15) is 41.2 Å². The molecule has 0 bridgehead atoms. The van der Waals surface area contributed by atoms with Crippen LogP contribution in [0.3, 0.4) is 0 Å². The molecule has 1 atom stereocenters. The number of rotatable bonds is 4. The minimum absolute atomic E-state index is 0.113. The predicted molar refractivity (Wildman–Crippen MR) is 81.6 cm³/mol. The van der Waals surface area contributed by atoms with Crippen molar-refractivity contribution >= 4 is 17.5 Å². The summed E-state index contributed by atoms with van der Waals surface area (Å²) >= 11 is 5.90. The Morgan fingerprint density at radius 1 is 1.45 bits per heavy atom. The van der Waals surface area contributed by atoms with Crippen molar-refractivity contribution in [2.75, 3.05) is 6.54 Å². The molecule has 0 radical (unpaired) electrons. The van der Waals surface area contributed by atoms with E-state index in [9.17, 15) is 4.79 Å². The average Bonchev–Trinajstić information content (AvgIpc) is 2.96. The molecule has 1 aliphatic rings. The zero-order valence-electron chi connectivity index (χ0n) is 12.3. The van der Waals surface area contributed by atoms with Gasteiger partial charge < -0.3 is 10.1 Å². The van der Waals surface area contributed by atoms with Crippen LogP contribution in [0, 0.1) is 0 Å². The Morgan fingerprint density at radius 2 is 2.23 bits per heavy atom. The van der Waals surface area contributed by atoms with Crippen LogP contribution >= 0.6 is 11.6 Å². The molecule has 1 aromatic heterocycles. The quantitative estimate of drug-likeness (QED) is 0.938. The number of halogens is 1.